The smallest absolute Gasteiger partial charge is 0.339 e. The fourth-order valence-corrected chi connectivity index (χ4v) is 2.10. The van der Waals surface area contributed by atoms with E-state index in [0.717, 1.165) is 12.3 Å². The lowest BCUT2D eigenvalue weighted by molar-refractivity contribution is -0.385. The first kappa shape index (κ1) is 15.0. The van der Waals surface area contributed by atoms with E-state index in [4.69, 9.17) is 28.3 Å². The Morgan fingerprint density at radius 2 is 1.86 bits per heavy atom. The molecule has 108 valence electrons. The first-order valence-corrected chi connectivity index (χ1v) is 6.23. The van der Waals surface area contributed by atoms with Crippen LogP contribution in [0.2, 0.25) is 10.0 Å². The van der Waals surface area contributed by atoms with Crippen LogP contribution < -0.4 is 5.32 Å². The topological polar surface area (TPSA) is 105 Å². The second-order valence-electron chi connectivity index (χ2n) is 3.94. The molecule has 0 bridgehead atoms. The standard InChI is InChI=1S/C12H7Cl2N3O4/c13-6-1-7(14)3-8(2-6)16-11-10(12(18)19)4-9(5-15-11)17(20)21/h1-5H,(H,15,16)(H,18,19). The van der Waals surface area contributed by atoms with Crippen LogP contribution in [-0.2, 0) is 0 Å². The van der Waals surface area contributed by atoms with Crippen LogP contribution in [-0.4, -0.2) is 21.0 Å². The number of nitrogens with one attached hydrogen (secondary N) is 1. The number of pyridine rings is 1. The quantitative estimate of drug-likeness (QED) is 0.654. The zero-order valence-electron chi connectivity index (χ0n) is 10.2. The fourth-order valence-electron chi connectivity index (χ4n) is 1.58. The minimum Gasteiger partial charge on any atom is -0.478 e. The molecule has 0 unspecified atom stereocenters. The number of nitrogens with zero attached hydrogens (tertiary/aromatic N) is 2. The van der Waals surface area contributed by atoms with Crippen molar-refractivity contribution in [3.05, 3.63) is 56.2 Å². The van der Waals surface area contributed by atoms with Crippen molar-refractivity contribution in [3.8, 4) is 0 Å². The Morgan fingerprint density at radius 3 is 2.38 bits per heavy atom. The summed E-state index contributed by atoms with van der Waals surface area (Å²) in [7, 11) is 0. The number of aromatic nitrogens is 1. The van der Waals surface area contributed by atoms with Crippen LogP contribution >= 0.6 is 23.2 Å². The summed E-state index contributed by atoms with van der Waals surface area (Å²) in [6, 6.07) is 5.46. The molecule has 0 aliphatic carbocycles. The Hall–Kier alpha value is -2.38. The first-order valence-electron chi connectivity index (χ1n) is 5.47. The molecule has 9 heteroatoms. The van der Waals surface area contributed by atoms with Crippen molar-refractivity contribution in [2.45, 2.75) is 0 Å². The van der Waals surface area contributed by atoms with Gasteiger partial charge in [0.2, 0.25) is 0 Å². The van der Waals surface area contributed by atoms with Gasteiger partial charge in [-0.2, -0.15) is 0 Å². The average molecular weight is 328 g/mol. The molecule has 2 aromatic rings. The number of nitro groups is 1. The number of halogens is 2. The van der Waals surface area contributed by atoms with Gasteiger partial charge in [0.25, 0.3) is 5.69 Å². The summed E-state index contributed by atoms with van der Waals surface area (Å²) in [5.41, 5.74) is -0.335. The molecule has 1 aromatic carbocycles. The molecule has 0 saturated heterocycles. The normalized spacial score (nSPS) is 10.2. The molecule has 7 nitrogen and oxygen atoms in total. The minimum atomic E-state index is -1.35. The molecule has 1 aromatic heterocycles. The monoisotopic (exact) mass is 327 g/mol. The molecule has 0 fully saturated rings. The van der Waals surface area contributed by atoms with Gasteiger partial charge in [0.1, 0.15) is 17.6 Å². The van der Waals surface area contributed by atoms with Crippen molar-refractivity contribution >= 4 is 46.4 Å². The highest BCUT2D eigenvalue weighted by atomic mass is 35.5. The second kappa shape index (κ2) is 5.94. The number of carboxylic acids is 1. The highest BCUT2D eigenvalue weighted by molar-refractivity contribution is 6.35. The predicted molar refractivity (Wildman–Crippen MR) is 77.6 cm³/mol. The lowest BCUT2D eigenvalue weighted by Gasteiger charge is -2.09. The van der Waals surface area contributed by atoms with Gasteiger partial charge in [0.05, 0.1) is 4.92 Å². The average Bonchev–Trinajstić information content (AvgIpc) is 2.37. The Kier molecular flexibility index (Phi) is 4.25. The molecular weight excluding hydrogens is 321 g/mol. The number of rotatable bonds is 4. The van der Waals surface area contributed by atoms with Crippen molar-refractivity contribution in [1.29, 1.82) is 0 Å². The molecule has 0 radical (unpaired) electrons. The summed E-state index contributed by atoms with van der Waals surface area (Å²) in [5.74, 6) is -1.40. The number of anilines is 2. The number of carboxylic acid groups (broad SMARTS) is 1. The van der Waals surface area contributed by atoms with Gasteiger partial charge in [-0.3, -0.25) is 10.1 Å². The fraction of sp³-hybridized carbons (Fsp3) is 0. The third-order valence-corrected chi connectivity index (χ3v) is 2.88. The summed E-state index contributed by atoms with van der Waals surface area (Å²) in [5, 5.41) is 23.2. The zero-order valence-corrected chi connectivity index (χ0v) is 11.7. The maximum absolute atomic E-state index is 11.2. The van der Waals surface area contributed by atoms with Crippen LogP contribution in [0.15, 0.2) is 30.5 Å². The lowest BCUT2D eigenvalue weighted by Crippen LogP contribution is -2.06. The zero-order chi connectivity index (χ0) is 15.6. The number of benzene rings is 1. The summed E-state index contributed by atoms with van der Waals surface area (Å²) >= 11 is 11.7. The number of aromatic carboxylic acids is 1. The van der Waals surface area contributed by atoms with Gasteiger partial charge in [0.15, 0.2) is 0 Å². The number of hydrogen-bond acceptors (Lipinski definition) is 5. The van der Waals surface area contributed by atoms with Crippen molar-refractivity contribution in [2.24, 2.45) is 0 Å². The van der Waals surface area contributed by atoms with E-state index in [0.29, 0.717) is 15.7 Å². The van der Waals surface area contributed by atoms with Crippen LogP contribution in [0.3, 0.4) is 0 Å². The van der Waals surface area contributed by atoms with E-state index in [9.17, 15) is 14.9 Å². The molecule has 21 heavy (non-hydrogen) atoms. The summed E-state index contributed by atoms with van der Waals surface area (Å²) in [4.78, 5) is 24.9. The van der Waals surface area contributed by atoms with E-state index in [2.05, 4.69) is 10.3 Å². The van der Waals surface area contributed by atoms with Crippen LogP contribution in [0.25, 0.3) is 0 Å². The largest absolute Gasteiger partial charge is 0.478 e. The molecule has 0 aliphatic rings. The Morgan fingerprint density at radius 1 is 1.24 bits per heavy atom. The molecule has 1 heterocycles. The summed E-state index contributed by atoms with van der Waals surface area (Å²) in [6.45, 7) is 0. The molecule has 0 saturated carbocycles. The molecule has 0 spiro atoms. The third kappa shape index (κ3) is 3.59. The number of carbonyl (C=O) groups is 1. The highest BCUT2D eigenvalue weighted by Gasteiger charge is 2.17. The van der Waals surface area contributed by atoms with E-state index < -0.39 is 16.6 Å². The van der Waals surface area contributed by atoms with Gasteiger partial charge < -0.3 is 10.4 Å². The molecule has 0 amide bonds. The Bertz CT molecular complexity index is 716. The predicted octanol–water partition coefficient (Wildman–Crippen LogP) is 3.74. The van der Waals surface area contributed by atoms with Gasteiger partial charge in [-0.1, -0.05) is 23.2 Å². The number of hydrogen-bond donors (Lipinski definition) is 2. The van der Waals surface area contributed by atoms with Crippen molar-refractivity contribution in [3.63, 3.8) is 0 Å². The first-order chi connectivity index (χ1) is 9.86. The molecule has 2 N–H and O–H groups in total. The third-order valence-electron chi connectivity index (χ3n) is 2.44. The van der Waals surface area contributed by atoms with Gasteiger partial charge in [0, 0.05) is 21.8 Å². The van der Waals surface area contributed by atoms with Crippen LogP contribution in [0, 0.1) is 10.1 Å². The van der Waals surface area contributed by atoms with Gasteiger partial charge >= 0.3 is 5.97 Å². The minimum absolute atomic E-state index is 0.0496. The summed E-state index contributed by atoms with van der Waals surface area (Å²) in [6.07, 6.45) is 0.959. The van der Waals surface area contributed by atoms with Crippen molar-refractivity contribution in [2.75, 3.05) is 5.32 Å². The molecule has 0 aliphatic heterocycles. The van der Waals surface area contributed by atoms with Gasteiger partial charge in [-0.25, -0.2) is 9.78 Å². The van der Waals surface area contributed by atoms with Crippen LogP contribution in [0.1, 0.15) is 10.4 Å². The second-order valence-corrected chi connectivity index (χ2v) is 4.81. The Labute approximate surface area is 128 Å². The maximum atomic E-state index is 11.2. The molecule has 2 rings (SSSR count). The van der Waals surface area contributed by atoms with Crippen LogP contribution in [0.4, 0.5) is 17.2 Å². The Balaban J connectivity index is 2.43. The molecular formula is C12H7Cl2N3O4. The lowest BCUT2D eigenvalue weighted by atomic mass is 10.2. The molecule has 0 atom stereocenters. The van der Waals surface area contributed by atoms with Crippen LogP contribution in [0.5, 0.6) is 0 Å². The van der Waals surface area contributed by atoms with E-state index >= 15 is 0 Å². The highest BCUT2D eigenvalue weighted by Crippen LogP contribution is 2.27. The summed E-state index contributed by atoms with van der Waals surface area (Å²) < 4.78 is 0. The SMILES string of the molecule is O=C(O)c1cc([N+](=O)[O-])cnc1Nc1cc(Cl)cc(Cl)c1. The maximum Gasteiger partial charge on any atom is 0.339 e. The van der Waals surface area contributed by atoms with Crippen molar-refractivity contribution < 1.29 is 14.8 Å². The van der Waals surface area contributed by atoms with E-state index in [1.165, 1.54) is 18.2 Å². The van der Waals surface area contributed by atoms with Gasteiger partial charge in [-0.15, -0.1) is 0 Å². The van der Waals surface area contributed by atoms with Crippen molar-refractivity contribution in [1.82, 2.24) is 4.98 Å². The van der Waals surface area contributed by atoms with E-state index in [-0.39, 0.29) is 11.4 Å². The van der Waals surface area contributed by atoms with Gasteiger partial charge in [-0.05, 0) is 18.2 Å². The van der Waals surface area contributed by atoms with E-state index in [1.54, 1.807) is 0 Å². The van der Waals surface area contributed by atoms with E-state index in [1.807, 2.05) is 0 Å².